The average molecular weight is 565 g/mol. The van der Waals surface area contributed by atoms with E-state index in [0.29, 0.717) is 32.3 Å². The van der Waals surface area contributed by atoms with Crippen molar-refractivity contribution in [2.24, 2.45) is 0 Å². The lowest BCUT2D eigenvalue weighted by Crippen LogP contribution is -2.19. The van der Waals surface area contributed by atoms with Crippen LogP contribution in [0.25, 0.3) is 10.9 Å². The van der Waals surface area contributed by atoms with Crippen molar-refractivity contribution in [1.29, 1.82) is 0 Å². The van der Waals surface area contributed by atoms with Gasteiger partial charge in [-0.3, -0.25) is 0 Å². The van der Waals surface area contributed by atoms with Crippen LogP contribution in [0, 0.1) is 3.70 Å². The Kier molecular flexibility index (Phi) is 9.34. The average Bonchev–Trinajstić information content (AvgIpc) is 3.18. The first-order chi connectivity index (χ1) is 16.2. The van der Waals surface area contributed by atoms with E-state index in [2.05, 4.69) is 39.7 Å². The molecule has 1 aliphatic rings. The molecule has 0 saturated carbocycles. The van der Waals surface area contributed by atoms with Gasteiger partial charge < -0.3 is 18.9 Å². The van der Waals surface area contributed by atoms with Crippen molar-refractivity contribution >= 4 is 33.5 Å². The van der Waals surface area contributed by atoms with Crippen LogP contribution in [0.15, 0.2) is 42.6 Å². The van der Waals surface area contributed by atoms with Crippen molar-refractivity contribution in [3.8, 4) is 5.88 Å². The molecule has 0 bridgehead atoms. The summed E-state index contributed by atoms with van der Waals surface area (Å²) >= 11 is 2.27. The van der Waals surface area contributed by atoms with Crippen molar-refractivity contribution < 1.29 is 18.9 Å². The van der Waals surface area contributed by atoms with Crippen LogP contribution in [-0.2, 0) is 20.8 Å². The molecule has 3 heterocycles. The molecule has 3 aromatic rings. The third-order valence-electron chi connectivity index (χ3n) is 5.63. The Morgan fingerprint density at radius 2 is 2.00 bits per heavy atom. The zero-order valence-corrected chi connectivity index (χ0v) is 21.3. The van der Waals surface area contributed by atoms with Crippen LogP contribution in [0.1, 0.15) is 50.8 Å². The molecule has 7 nitrogen and oxygen atoms in total. The van der Waals surface area contributed by atoms with Gasteiger partial charge in [0.05, 0.1) is 31.0 Å². The number of benzene rings is 1. The van der Waals surface area contributed by atoms with Crippen molar-refractivity contribution in [3.63, 3.8) is 0 Å². The largest absolute Gasteiger partial charge is 0.475 e. The Morgan fingerprint density at radius 1 is 1.15 bits per heavy atom. The molecular weight excluding hydrogens is 533 g/mol. The van der Waals surface area contributed by atoms with E-state index in [1.165, 1.54) is 5.56 Å². The van der Waals surface area contributed by atoms with E-state index in [4.69, 9.17) is 24.0 Å². The van der Waals surface area contributed by atoms with E-state index in [9.17, 15) is 0 Å². The van der Waals surface area contributed by atoms with Crippen molar-refractivity contribution in [2.75, 3.05) is 26.4 Å². The number of halogens is 1. The zero-order valence-electron chi connectivity index (χ0n) is 19.1. The summed E-state index contributed by atoms with van der Waals surface area (Å²) in [6.07, 6.45) is 6.81. The summed E-state index contributed by atoms with van der Waals surface area (Å²) in [4.78, 5) is 4.52. The molecule has 2 atom stereocenters. The van der Waals surface area contributed by atoms with Crippen LogP contribution in [0.4, 0.5) is 0 Å². The van der Waals surface area contributed by atoms with Gasteiger partial charge in [0.2, 0.25) is 5.88 Å². The molecule has 33 heavy (non-hydrogen) atoms. The fourth-order valence-electron chi connectivity index (χ4n) is 3.82. The summed E-state index contributed by atoms with van der Waals surface area (Å²) in [6, 6.07) is 12.2. The lowest BCUT2D eigenvalue weighted by Gasteiger charge is -2.23. The van der Waals surface area contributed by atoms with Gasteiger partial charge in [-0.1, -0.05) is 30.3 Å². The minimum Gasteiger partial charge on any atom is -0.475 e. The first kappa shape index (κ1) is 24.4. The molecule has 1 aliphatic heterocycles. The van der Waals surface area contributed by atoms with E-state index in [0.717, 1.165) is 53.3 Å². The summed E-state index contributed by atoms with van der Waals surface area (Å²) in [7, 11) is 0. The standard InChI is InChI=1S/C25H32IN3O4/c1-19(11-15-30-12-7-13-31-18-20-8-3-2-4-9-20)33-23-16-21-22(17-27-23)29(28-25(21)26)24-10-5-6-14-32-24/h2-4,8-9,16-17,19,24H,5-7,10-15,18H2,1H3/t19-,24?/m1/s1. The maximum absolute atomic E-state index is 6.04. The minimum absolute atomic E-state index is 0.00172. The minimum atomic E-state index is -0.00172. The van der Waals surface area contributed by atoms with Crippen molar-refractivity contribution in [2.45, 2.75) is 58.0 Å². The monoisotopic (exact) mass is 565 g/mol. The van der Waals surface area contributed by atoms with Crippen molar-refractivity contribution in [1.82, 2.24) is 14.8 Å². The van der Waals surface area contributed by atoms with Gasteiger partial charge in [0.25, 0.3) is 0 Å². The molecule has 0 amide bonds. The quantitative estimate of drug-likeness (QED) is 0.213. The fourth-order valence-corrected chi connectivity index (χ4v) is 4.49. The number of aromatic nitrogens is 3. The Labute approximate surface area is 208 Å². The predicted octanol–water partition coefficient (Wildman–Crippen LogP) is 5.52. The highest BCUT2D eigenvalue weighted by molar-refractivity contribution is 14.1. The molecule has 2 aromatic heterocycles. The van der Waals surface area contributed by atoms with Gasteiger partial charge in [-0.25, -0.2) is 9.67 Å². The fraction of sp³-hybridized carbons (Fsp3) is 0.520. The molecule has 0 N–H and O–H groups in total. The number of rotatable bonds is 12. The molecule has 1 unspecified atom stereocenters. The summed E-state index contributed by atoms with van der Waals surface area (Å²) in [6.45, 7) is 5.51. The summed E-state index contributed by atoms with van der Waals surface area (Å²) in [5.41, 5.74) is 2.18. The number of pyridine rings is 1. The SMILES string of the molecule is C[C@H](CCOCCCOCc1ccccc1)Oc1cc2c(I)nn(C3CCCCO3)c2cn1. The summed E-state index contributed by atoms with van der Waals surface area (Å²) in [5, 5.41) is 5.74. The number of nitrogens with zero attached hydrogens (tertiary/aromatic N) is 3. The number of hydrogen-bond acceptors (Lipinski definition) is 6. The van der Waals surface area contributed by atoms with E-state index in [-0.39, 0.29) is 12.3 Å². The lowest BCUT2D eigenvalue weighted by atomic mass is 10.2. The lowest BCUT2D eigenvalue weighted by molar-refractivity contribution is -0.0369. The first-order valence-corrected chi connectivity index (χ1v) is 12.8. The summed E-state index contributed by atoms with van der Waals surface area (Å²) < 4.78 is 26.3. The molecular formula is C25H32IN3O4. The van der Waals surface area contributed by atoms with Crippen LogP contribution in [0.2, 0.25) is 0 Å². The third kappa shape index (κ3) is 7.11. The Balaban J connectivity index is 1.16. The highest BCUT2D eigenvalue weighted by Gasteiger charge is 2.21. The maximum Gasteiger partial charge on any atom is 0.214 e. The van der Waals surface area contributed by atoms with Gasteiger partial charge in [-0.05, 0) is 60.8 Å². The predicted molar refractivity (Wildman–Crippen MR) is 135 cm³/mol. The highest BCUT2D eigenvalue weighted by Crippen LogP contribution is 2.30. The second-order valence-electron chi connectivity index (χ2n) is 8.32. The molecule has 1 fully saturated rings. The summed E-state index contributed by atoms with van der Waals surface area (Å²) in [5.74, 6) is 0.617. The van der Waals surface area contributed by atoms with Crippen LogP contribution in [-0.4, -0.2) is 47.3 Å². The van der Waals surface area contributed by atoms with Gasteiger partial charge in [0, 0.05) is 37.7 Å². The Bertz CT molecular complexity index is 992. The Morgan fingerprint density at radius 3 is 2.82 bits per heavy atom. The Hall–Kier alpha value is -1.75. The highest BCUT2D eigenvalue weighted by atomic mass is 127. The van der Waals surface area contributed by atoms with Gasteiger partial charge in [0.15, 0.2) is 6.23 Å². The molecule has 4 rings (SSSR count). The van der Waals surface area contributed by atoms with Gasteiger partial charge in [0.1, 0.15) is 3.70 Å². The smallest absolute Gasteiger partial charge is 0.214 e. The van der Waals surface area contributed by atoms with Crippen LogP contribution >= 0.6 is 22.6 Å². The molecule has 178 valence electrons. The number of hydrogen-bond donors (Lipinski definition) is 0. The van der Waals surface area contributed by atoms with Crippen molar-refractivity contribution in [3.05, 3.63) is 51.9 Å². The number of fused-ring (bicyclic) bond motifs is 1. The second kappa shape index (κ2) is 12.6. The van der Waals surface area contributed by atoms with Crippen LogP contribution in [0.5, 0.6) is 5.88 Å². The van der Waals surface area contributed by atoms with Gasteiger partial charge in [-0.2, -0.15) is 5.10 Å². The van der Waals surface area contributed by atoms with E-state index in [1.807, 2.05) is 42.1 Å². The van der Waals surface area contributed by atoms with Crippen LogP contribution in [0.3, 0.4) is 0 Å². The molecule has 0 aliphatic carbocycles. The molecule has 1 saturated heterocycles. The maximum atomic E-state index is 6.04. The third-order valence-corrected chi connectivity index (χ3v) is 6.43. The van der Waals surface area contributed by atoms with E-state index in [1.54, 1.807) is 0 Å². The first-order valence-electron chi connectivity index (χ1n) is 11.7. The zero-order chi connectivity index (χ0) is 22.9. The van der Waals surface area contributed by atoms with E-state index < -0.39 is 0 Å². The normalized spacial score (nSPS) is 17.3. The van der Waals surface area contributed by atoms with Gasteiger partial charge >= 0.3 is 0 Å². The molecule has 8 heteroatoms. The van der Waals surface area contributed by atoms with Crippen LogP contribution < -0.4 is 4.74 Å². The van der Waals surface area contributed by atoms with Gasteiger partial charge in [-0.15, -0.1) is 0 Å². The topological polar surface area (TPSA) is 67.6 Å². The molecule has 0 spiro atoms. The molecule has 1 aromatic carbocycles. The number of ether oxygens (including phenoxy) is 4. The second-order valence-corrected chi connectivity index (χ2v) is 9.34. The van der Waals surface area contributed by atoms with E-state index >= 15 is 0 Å². The molecule has 0 radical (unpaired) electrons.